The Kier molecular flexibility index (Phi) is 25.2. The van der Waals surface area contributed by atoms with Crippen molar-refractivity contribution in [2.45, 2.75) is 142 Å². The number of rotatable bonds is 19. The number of aromatic nitrogens is 2. The molecule has 2 aliphatic heterocycles. The van der Waals surface area contributed by atoms with Gasteiger partial charge in [0.25, 0.3) is 0 Å². The van der Waals surface area contributed by atoms with Gasteiger partial charge in [-0.05, 0) is 138 Å². The summed E-state index contributed by atoms with van der Waals surface area (Å²) < 4.78 is 45.5. The number of benzene rings is 4. The van der Waals surface area contributed by atoms with Crippen molar-refractivity contribution in [2.75, 3.05) is 26.2 Å². The lowest BCUT2D eigenvalue weighted by Gasteiger charge is -2.44. The molecule has 476 valence electrons. The van der Waals surface area contributed by atoms with Crippen molar-refractivity contribution in [1.29, 1.82) is 0 Å². The van der Waals surface area contributed by atoms with Gasteiger partial charge in [-0.1, -0.05) is 72.8 Å². The van der Waals surface area contributed by atoms with Crippen LogP contribution in [-0.4, -0.2) is 153 Å². The number of phenolic OH excluding ortho intramolecular Hbond substituents is 1. The van der Waals surface area contributed by atoms with Crippen molar-refractivity contribution in [3.8, 4) is 11.5 Å². The maximum absolute atomic E-state index is 14.7. The van der Waals surface area contributed by atoms with E-state index in [2.05, 4.69) is 15.3 Å². The van der Waals surface area contributed by atoms with Crippen LogP contribution in [0.5, 0.6) is 11.5 Å². The number of amides is 5. The first-order valence-corrected chi connectivity index (χ1v) is 29.3. The van der Waals surface area contributed by atoms with Crippen LogP contribution in [0.25, 0.3) is 0 Å². The van der Waals surface area contributed by atoms with Gasteiger partial charge in [0.1, 0.15) is 64.9 Å². The largest absolute Gasteiger partial charge is 0.508 e. The summed E-state index contributed by atoms with van der Waals surface area (Å²) in [5, 5.41) is 44.3. The van der Waals surface area contributed by atoms with E-state index < -0.39 is 89.0 Å². The SMILES string of the molecule is CC(=O)C[C@@H](Cc1cc(O)cc(F)c1)[C@H](O)[C@H]1C(=O)N(Cc2ccccc2)CCN1C(=O)OC(C)(C)C.CC(=O)N[C@@H](Cc1cc(F)cc(OCc2ccccn2)c1)[C@H](O)[C@H]1C(=O)N(Cc2ccccc2)CCN1C(=O)OC(C)(C)C.OCc1ccccn1. The molecule has 0 aliphatic carbocycles. The fourth-order valence-corrected chi connectivity index (χ4v) is 10.2. The van der Waals surface area contributed by atoms with Crippen LogP contribution in [0, 0.1) is 17.6 Å². The number of aromatic hydroxyl groups is 1. The number of aliphatic hydroxyl groups excluding tert-OH is 3. The maximum Gasteiger partial charge on any atom is 0.411 e. The number of Topliss-reactive ketones (excluding diaryl/α,β-unsaturated/α-hetero) is 1. The van der Waals surface area contributed by atoms with Crippen molar-refractivity contribution in [2.24, 2.45) is 5.92 Å². The van der Waals surface area contributed by atoms with E-state index in [0.717, 1.165) is 17.2 Å². The third-order valence-electron chi connectivity index (χ3n) is 14.0. The number of pyridine rings is 2. The number of carbonyl (C=O) groups excluding carboxylic acids is 6. The Morgan fingerprint density at radius 3 is 1.52 bits per heavy atom. The highest BCUT2D eigenvalue weighted by atomic mass is 19.1. The summed E-state index contributed by atoms with van der Waals surface area (Å²) in [4.78, 5) is 92.1. The standard InChI is InChI=1S/C33H39FN4O6.C28H35FN2O6.C6H7NO/c1-22(39)36-28(18-24-16-25(34)19-27(17-24)43-21-26-12-8-9-13-35-26)30(40)29-31(41)37(20-23-10-6-5-7-11-23)14-15-38(29)32(42)44-33(2,3)4;1-18(32)12-21(13-20-14-22(29)16-23(33)15-20)25(34)24-26(35)30(17-19-8-6-5-7-9-19)10-11-31(24)27(36)37-28(2,3)4;8-5-6-3-1-2-4-7-6/h5-13,16-17,19,28-30,40H,14-15,18,20-21H2,1-4H3,(H,36,39);5-9,14-16,21,24-25,33-34H,10-13,17H2,1-4H3;1-4,8H,5H2/t28-,29-,30-;21-,24-,25-;/m00./s1. The Labute approximate surface area is 518 Å². The number of ketones is 1. The highest BCUT2D eigenvalue weighted by Crippen LogP contribution is 2.30. The Balaban J connectivity index is 0.000000254. The van der Waals surface area contributed by atoms with Gasteiger partial charge in [0.15, 0.2) is 0 Å². The number of nitrogens with zero attached hydrogens (tertiary/aromatic N) is 6. The topological polar surface area (TPSA) is 262 Å². The van der Waals surface area contributed by atoms with Crippen molar-refractivity contribution in [3.05, 3.63) is 191 Å². The number of aliphatic hydroxyl groups is 3. The average molecular weight is 1230 g/mol. The summed E-state index contributed by atoms with van der Waals surface area (Å²) in [5.41, 5.74) is 2.25. The first-order valence-electron chi connectivity index (χ1n) is 29.3. The lowest BCUT2D eigenvalue weighted by Crippen LogP contribution is -2.66. The van der Waals surface area contributed by atoms with E-state index in [-0.39, 0.29) is 82.5 Å². The molecule has 0 bridgehead atoms. The minimum atomic E-state index is -1.56. The molecule has 0 unspecified atom stereocenters. The van der Waals surface area contributed by atoms with Crippen LogP contribution in [0.1, 0.15) is 95.5 Å². The van der Waals surface area contributed by atoms with E-state index in [1.54, 1.807) is 88.0 Å². The quantitative estimate of drug-likeness (QED) is 0.0513. The molecule has 6 atom stereocenters. The van der Waals surface area contributed by atoms with Crippen LogP contribution >= 0.6 is 0 Å². The summed E-state index contributed by atoms with van der Waals surface area (Å²) in [5.74, 6) is -3.78. The van der Waals surface area contributed by atoms with Gasteiger partial charge in [0, 0.05) is 77.1 Å². The Hall–Kier alpha value is -8.86. The number of halogens is 2. The molecule has 4 heterocycles. The van der Waals surface area contributed by atoms with E-state index in [1.807, 2.05) is 78.9 Å². The van der Waals surface area contributed by atoms with Crippen LogP contribution in [0.15, 0.2) is 146 Å². The second-order valence-electron chi connectivity index (χ2n) is 23.8. The average Bonchev–Trinajstić information content (AvgIpc) is 0.862. The number of piperazine rings is 2. The molecule has 2 aromatic heterocycles. The molecule has 4 aromatic carbocycles. The third-order valence-corrected chi connectivity index (χ3v) is 14.0. The van der Waals surface area contributed by atoms with Crippen LogP contribution in [0.3, 0.4) is 0 Å². The molecule has 89 heavy (non-hydrogen) atoms. The first-order chi connectivity index (χ1) is 42.2. The predicted molar refractivity (Wildman–Crippen MR) is 326 cm³/mol. The second kappa shape index (κ2) is 32.4. The van der Waals surface area contributed by atoms with Gasteiger partial charge in [0.2, 0.25) is 17.7 Å². The lowest BCUT2D eigenvalue weighted by molar-refractivity contribution is -0.150. The minimum Gasteiger partial charge on any atom is -0.508 e. The smallest absolute Gasteiger partial charge is 0.411 e. The van der Waals surface area contributed by atoms with Gasteiger partial charge in [-0.3, -0.25) is 34.2 Å². The molecule has 0 spiro atoms. The molecular formula is C67H81F2N7O13. The predicted octanol–water partition coefficient (Wildman–Crippen LogP) is 8.11. The summed E-state index contributed by atoms with van der Waals surface area (Å²) in [6.45, 7) is 14.3. The van der Waals surface area contributed by atoms with Gasteiger partial charge in [-0.25, -0.2) is 18.4 Å². The van der Waals surface area contributed by atoms with Crippen molar-refractivity contribution in [3.63, 3.8) is 0 Å². The van der Waals surface area contributed by atoms with Crippen LogP contribution in [-0.2, 0) is 67.8 Å². The molecule has 2 saturated heterocycles. The van der Waals surface area contributed by atoms with Gasteiger partial charge < -0.3 is 54.5 Å². The van der Waals surface area contributed by atoms with Crippen LogP contribution < -0.4 is 10.1 Å². The van der Waals surface area contributed by atoms with Crippen molar-refractivity contribution < 1.29 is 72.2 Å². The zero-order valence-electron chi connectivity index (χ0n) is 51.5. The van der Waals surface area contributed by atoms with E-state index in [0.29, 0.717) is 29.1 Å². The summed E-state index contributed by atoms with van der Waals surface area (Å²) in [7, 11) is 0. The number of nitrogens with one attached hydrogen (secondary N) is 1. The molecule has 20 nitrogen and oxygen atoms in total. The van der Waals surface area contributed by atoms with Crippen molar-refractivity contribution in [1.82, 2.24) is 34.9 Å². The fraction of sp³-hybridized carbons (Fsp3) is 0.403. The Morgan fingerprint density at radius 2 is 1.08 bits per heavy atom. The molecule has 0 radical (unpaired) electrons. The molecule has 2 fully saturated rings. The van der Waals surface area contributed by atoms with Gasteiger partial charge in [0.05, 0.1) is 30.1 Å². The Morgan fingerprint density at radius 1 is 0.607 bits per heavy atom. The zero-order chi connectivity index (χ0) is 65.0. The molecule has 8 rings (SSSR count). The van der Waals surface area contributed by atoms with E-state index in [4.69, 9.17) is 19.3 Å². The number of hydrogen-bond donors (Lipinski definition) is 5. The fourth-order valence-electron chi connectivity index (χ4n) is 10.2. The Bertz CT molecular complexity index is 3260. The minimum absolute atomic E-state index is 0.0106. The molecular weight excluding hydrogens is 1150 g/mol. The second-order valence-corrected chi connectivity index (χ2v) is 23.8. The van der Waals surface area contributed by atoms with Crippen LogP contribution in [0.2, 0.25) is 0 Å². The molecule has 5 amide bonds. The van der Waals surface area contributed by atoms with Crippen LogP contribution in [0.4, 0.5) is 18.4 Å². The summed E-state index contributed by atoms with van der Waals surface area (Å²) >= 11 is 0. The van der Waals surface area contributed by atoms with E-state index in [1.165, 1.54) is 47.9 Å². The van der Waals surface area contributed by atoms with E-state index >= 15 is 0 Å². The molecule has 5 N–H and O–H groups in total. The summed E-state index contributed by atoms with van der Waals surface area (Å²) in [6, 6.07) is 33.4. The lowest BCUT2D eigenvalue weighted by atomic mass is 9.84. The molecule has 0 saturated carbocycles. The van der Waals surface area contributed by atoms with Crippen molar-refractivity contribution >= 4 is 35.7 Å². The number of carbonyl (C=O) groups is 6. The number of hydrogen-bond acceptors (Lipinski definition) is 15. The van der Waals surface area contributed by atoms with Gasteiger partial charge >= 0.3 is 12.2 Å². The van der Waals surface area contributed by atoms with E-state index in [9.17, 15) is 52.9 Å². The molecule has 6 aromatic rings. The normalized spacial score (nSPS) is 16.5. The highest BCUT2D eigenvalue weighted by Gasteiger charge is 2.48. The number of ether oxygens (including phenoxy) is 3. The summed E-state index contributed by atoms with van der Waals surface area (Å²) in [6.07, 6.45) is -1.37. The van der Waals surface area contributed by atoms with Gasteiger partial charge in [-0.15, -0.1) is 0 Å². The van der Waals surface area contributed by atoms with Gasteiger partial charge in [-0.2, -0.15) is 0 Å². The first kappa shape index (κ1) is 69.2. The maximum atomic E-state index is 14.7. The third kappa shape index (κ3) is 22.1. The number of phenols is 1. The zero-order valence-corrected chi connectivity index (χ0v) is 51.5. The molecule has 22 heteroatoms. The highest BCUT2D eigenvalue weighted by molar-refractivity contribution is 5.89. The molecule has 2 aliphatic rings. The monoisotopic (exact) mass is 1230 g/mol.